The summed E-state index contributed by atoms with van der Waals surface area (Å²) in [6, 6.07) is 0. The predicted octanol–water partition coefficient (Wildman–Crippen LogP) is 0.714. The Balaban J connectivity index is 2.03. The lowest BCUT2D eigenvalue weighted by Crippen LogP contribution is -2.23. The molecule has 0 aromatic carbocycles. The van der Waals surface area contributed by atoms with Gasteiger partial charge in [0.25, 0.3) is 10.1 Å². The summed E-state index contributed by atoms with van der Waals surface area (Å²) >= 11 is 0. The fourth-order valence-electron chi connectivity index (χ4n) is 1.33. The topological polar surface area (TPSA) is 61.8 Å². The fourth-order valence-corrected chi connectivity index (χ4v) is 1.66. The fraction of sp³-hybridized carbons (Fsp3) is 0.800. The van der Waals surface area contributed by atoms with Gasteiger partial charge >= 0.3 is 0 Å². The molecule has 0 radical (unpaired) electrons. The van der Waals surface area contributed by atoms with Gasteiger partial charge in [0, 0.05) is 13.2 Å². The van der Waals surface area contributed by atoms with Gasteiger partial charge in [-0.2, -0.15) is 8.42 Å². The van der Waals surface area contributed by atoms with Gasteiger partial charge in [-0.1, -0.05) is 12.2 Å². The van der Waals surface area contributed by atoms with Gasteiger partial charge < -0.3 is 9.47 Å². The second-order valence-electron chi connectivity index (χ2n) is 3.61. The summed E-state index contributed by atoms with van der Waals surface area (Å²) in [5, 5.41) is 0. The van der Waals surface area contributed by atoms with Crippen LogP contribution in [-0.2, 0) is 23.8 Å². The zero-order chi connectivity index (χ0) is 11.9. The Morgan fingerprint density at radius 2 is 1.88 bits per heavy atom. The maximum atomic E-state index is 10.6. The summed E-state index contributed by atoms with van der Waals surface area (Å²) in [4.78, 5) is 0. The molecule has 1 heterocycles. The van der Waals surface area contributed by atoms with Crippen molar-refractivity contribution in [1.82, 2.24) is 0 Å². The standard InChI is InChI=1S/C10H18O5S/c1-16(11,12)15-7-3-2-6-14-10-4-8-13-9-5-10/h2-3,10H,4-9H2,1H3. The van der Waals surface area contributed by atoms with Crippen LogP contribution in [0.25, 0.3) is 0 Å². The number of hydrogen-bond acceptors (Lipinski definition) is 5. The van der Waals surface area contributed by atoms with E-state index < -0.39 is 10.1 Å². The van der Waals surface area contributed by atoms with E-state index in [2.05, 4.69) is 4.18 Å². The molecular formula is C10H18O5S. The maximum Gasteiger partial charge on any atom is 0.264 e. The second kappa shape index (κ2) is 7.01. The van der Waals surface area contributed by atoms with Crippen molar-refractivity contribution in [2.75, 3.05) is 32.7 Å². The molecule has 1 aliphatic rings. The molecule has 1 aliphatic heterocycles. The van der Waals surface area contributed by atoms with Crippen molar-refractivity contribution >= 4 is 10.1 Å². The number of hydrogen-bond donors (Lipinski definition) is 0. The summed E-state index contributed by atoms with van der Waals surface area (Å²) < 4.78 is 36.5. The Hall–Kier alpha value is -0.430. The van der Waals surface area contributed by atoms with E-state index in [1.54, 1.807) is 12.2 Å². The van der Waals surface area contributed by atoms with Crippen molar-refractivity contribution in [3.63, 3.8) is 0 Å². The van der Waals surface area contributed by atoms with E-state index >= 15 is 0 Å². The lowest BCUT2D eigenvalue weighted by atomic mass is 10.2. The van der Waals surface area contributed by atoms with Gasteiger partial charge in [0.15, 0.2) is 0 Å². The highest BCUT2D eigenvalue weighted by atomic mass is 32.2. The zero-order valence-electron chi connectivity index (χ0n) is 9.42. The molecule has 1 fully saturated rings. The molecule has 5 nitrogen and oxygen atoms in total. The minimum absolute atomic E-state index is 0.0654. The molecule has 0 atom stereocenters. The Bertz CT molecular complexity index is 303. The van der Waals surface area contributed by atoms with Crippen molar-refractivity contribution in [3.8, 4) is 0 Å². The molecule has 94 valence electrons. The molecule has 0 aromatic rings. The third-order valence-corrected chi connectivity index (χ3v) is 2.71. The van der Waals surface area contributed by atoms with Crippen LogP contribution < -0.4 is 0 Å². The van der Waals surface area contributed by atoms with E-state index in [0.29, 0.717) is 6.61 Å². The van der Waals surface area contributed by atoms with Crippen molar-refractivity contribution in [3.05, 3.63) is 12.2 Å². The van der Waals surface area contributed by atoms with E-state index in [9.17, 15) is 8.42 Å². The summed E-state index contributed by atoms with van der Waals surface area (Å²) in [6.45, 7) is 2.06. The number of rotatable bonds is 6. The van der Waals surface area contributed by atoms with Crippen LogP contribution in [0.5, 0.6) is 0 Å². The molecule has 16 heavy (non-hydrogen) atoms. The quantitative estimate of drug-likeness (QED) is 0.513. The van der Waals surface area contributed by atoms with E-state index in [0.717, 1.165) is 32.3 Å². The Labute approximate surface area is 96.5 Å². The number of ether oxygens (including phenoxy) is 2. The van der Waals surface area contributed by atoms with Crippen molar-refractivity contribution in [2.24, 2.45) is 0 Å². The minimum atomic E-state index is -3.34. The van der Waals surface area contributed by atoms with Gasteiger partial charge in [0.2, 0.25) is 0 Å². The molecule has 0 bridgehead atoms. The molecular weight excluding hydrogens is 232 g/mol. The van der Waals surface area contributed by atoms with Gasteiger partial charge in [0.05, 0.1) is 25.6 Å². The molecule has 0 unspecified atom stereocenters. The highest BCUT2D eigenvalue weighted by molar-refractivity contribution is 7.85. The smallest absolute Gasteiger partial charge is 0.264 e. The molecule has 1 saturated heterocycles. The average molecular weight is 250 g/mol. The lowest BCUT2D eigenvalue weighted by molar-refractivity contribution is -0.0222. The van der Waals surface area contributed by atoms with E-state index in [4.69, 9.17) is 9.47 Å². The molecule has 0 spiro atoms. The summed E-state index contributed by atoms with van der Waals surface area (Å²) in [5.41, 5.74) is 0. The van der Waals surface area contributed by atoms with Gasteiger partial charge in [-0.15, -0.1) is 0 Å². The highest BCUT2D eigenvalue weighted by Gasteiger charge is 2.12. The summed E-state index contributed by atoms with van der Waals surface area (Å²) in [7, 11) is -3.34. The molecule has 0 aliphatic carbocycles. The molecule has 0 N–H and O–H groups in total. The Kier molecular flexibility index (Phi) is 5.97. The summed E-state index contributed by atoms with van der Waals surface area (Å²) in [5.74, 6) is 0. The first-order valence-electron chi connectivity index (χ1n) is 5.26. The molecule has 1 rings (SSSR count). The normalized spacial score (nSPS) is 19.3. The van der Waals surface area contributed by atoms with Crippen LogP contribution in [0.15, 0.2) is 12.2 Å². The van der Waals surface area contributed by atoms with E-state index in [1.807, 2.05) is 0 Å². The zero-order valence-corrected chi connectivity index (χ0v) is 10.2. The van der Waals surface area contributed by atoms with Crippen LogP contribution in [0.2, 0.25) is 0 Å². The van der Waals surface area contributed by atoms with E-state index in [1.165, 1.54) is 0 Å². The van der Waals surface area contributed by atoms with Crippen LogP contribution in [-0.4, -0.2) is 47.2 Å². The largest absolute Gasteiger partial charge is 0.381 e. The SMILES string of the molecule is CS(=O)(=O)OCC=CCOC1CCOCC1. The van der Waals surface area contributed by atoms with Crippen LogP contribution in [0.1, 0.15) is 12.8 Å². The van der Waals surface area contributed by atoms with Crippen molar-refractivity contribution in [2.45, 2.75) is 18.9 Å². The highest BCUT2D eigenvalue weighted by Crippen LogP contribution is 2.10. The van der Waals surface area contributed by atoms with Crippen LogP contribution in [0, 0.1) is 0 Å². The van der Waals surface area contributed by atoms with Crippen LogP contribution in [0.4, 0.5) is 0 Å². The molecule has 6 heteroatoms. The first-order chi connectivity index (χ1) is 7.58. The van der Waals surface area contributed by atoms with Crippen LogP contribution in [0.3, 0.4) is 0 Å². The first-order valence-corrected chi connectivity index (χ1v) is 7.08. The van der Waals surface area contributed by atoms with Crippen molar-refractivity contribution < 1.29 is 22.1 Å². The average Bonchev–Trinajstić information content (AvgIpc) is 2.23. The van der Waals surface area contributed by atoms with Gasteiger partial charge in [0.1, 0.15) is 0 Å². The predicted molar refractivity (Wildman–Crippen MR) is 59.7 cm³/mol. The monoisotopic (exact) mass is 250 g/mol. The van der Waals surface area contributed by atoms with Crippen LogP contribution >= 0.6 is 0 Å². The van der Waals surface area contributed by atoms with Crippen molar-refractivity contribution in [1.29, 1.82) is 0 Å². The Morgan fingerprint density at radius 1 is 1.25 bits per heavy atom. The summed E-state index contributed by atoms with van der Waals surface area (Å²) in [6.07, 6.45) is 6.54. The lowest BCUT2D eigenvalue weighted by Gasteiger charge is -2.21. The van der Waals surface area contributed by atoms with Gasteiger partial charge in [-0.05, 0) is 12.8 Å². The molecule has 0 aromatic heterocycles. The van der Waals surface area contributed by atoms with E-state index in [-0.39, 0.29) is 12.7 Å². The van der Waals surface area contributed by atoms with Gasteiger partial charge in [-0.25, -0.2) is 0 Å². The Morgan fingerprint density at radius 3 is 2.50 bits per heavy atom. The second-order valence-corrected chi connectivity index (χ2v) is 5.25. The third kappa shape index (κ3) is 6.95. The molecule has 0 saturated carbocycles. The van der Waals surface area contributed by atoms with Gasteiger partial charge in [-0.3, -0.25) is 4.18 Å². The third-order valence-electron chi connectivity index (χ3n) is 2.14. The maximum absolute atomic E-state index is 10.6. The first kappa shape index (κ1) is 13.6. The minimum Gasteiger partial charge on any atom is -0.381 e. The molecule has 0 amide bonds.